The Bertz CT molecular complexity index is 521. The van der Waals surface area contributed by atoms with Crippen molar-refractivity contribution in [3.63, 3.8) is 0 Å². The molecule has 9 heteroatoms. The van der Waals surface area contributed by atoms with Gasteiger partial charge < -0.3 is 15.4 Å². The zero-order valence-corrected chi connectivity index (χ0v) is 12.8. The van der Waals surface area contributed by atoms with E-state index < -0.39 is 18.7 Å². The number of rotatable bonds is 8. The maximum absolute atomic E-state index is 11.8. The molecule has 0 aliphatic rings. The maximum atomic E-state index is 11.8. The van der Waals surface area contributed by atoms with Gasteiger partial charge in [-0.3, -0.25) is 9.59 Å². The number of carbonyl (C=O) groups is 2. The van der Waals surface area contributed by atoms with E-state index >= 15 is 0 Å². The van der Waals surface area contributed by atoms with E-state index in [4.69, 9.17) is 11.6 Å². The second-order valence-electron chi connectivity index (χ2n) is 4.53. The summed E-state index contributed by atoms with van der Waals surface area (Å²) in [6.45, 7) is -1.34. The van der Waals surface area contributed by atoms with Gasteiger partial charge in [0.15, 0.2) is 0 Å². The normalized spacial score (nSPS) is 11.1. The number of hydrogen-bond acceptors (Lipinski definition) is 3. The van der Waals surface area contributed by atoms with E-state index in [1.165, 1.54) is 0 Å². The van der Waals surface area contributed by atoms with E-state index in [0.717, 1.165) is 0 Å². The highest BCUT2D eigenvalue weighted by atomic mass is 35.5. The number of alkyl halides is 3. The minimum atomic E-state index is -4.40. The highest BCUT2D eigenvalue weighted by Gasteiger charge is 2.27. The number of amides is 2. The lowest BCUT2D eigenvalue weighted by Crippen LogP contribution is -2.35. The predicted molar refractivity (Wildman–Crippen MR) is 78.3 cm³/mol. The van der Waals surface area contributed by atoms with Crippen LogP contribution in [0.15, 0.2) is 24.3 Å². The number of nitrogens with one attached hydrogen (secondary N) is 2. The zero-order valence-electron chi connectivity index (χ0n) is 12.1. The van der Waals surface area contributed by atoms with Crippen LogP contribution < -0.4 is 10.6 Å². The van der Waals surface area contributed by atoms with Gasteiger partial charge in [-0.25, -0.2) is 0 Å². The highest BCUT2D eigenvalue weighted by Crippen LogP contribution is 2.14. The molecule has 0 atom stereocenters. The molecule has 0 unspecified atom stereocenters. The van der Waals surface area contributed by atoms with Crippen molar-refractivity contribution >= 4 is 23.4 Å². The van der Waals surface area contributed by atoms with Crippen molar-refractivity contribution in [2.45, 2.75) is 12.6 Å². The molecule has 0 heterocycles. The maximum Gasteiger partial charge on any atom is 0.411 e. The van der Waals surface area contributed by atoms with Crippen LogP contribution in [0.1, 0.15) is 16.8 Å². The second-order valence-corrected chi connectivity index (χ2v) is 4.97. The van der Waals surface area contributed by atoms with Crippen molar-refractivity contribution in [1.29, 1.82) is 0 Å². The van der Waals surface area contributed by atoms with Gasteiger partial charge in [0.2, 0.25) is 5.91 Å². The van der Waals surface area contributed by atoms with Crippen LogP contribution >= 0.6 is 11.6 Å². The van der Waals surface area contributed by atoms with E-state index in [-0.39, 0.29) is 32.0 Å². The smallest absolute Gasteiger partial charge is 0.372 e. The molecule has 1 aromatic rings. The van der Waals surface area contributed by atoms with Crippen LogP contribution in [0.4, 0.5) is 13.2 Å². The molecule has 128 valence electrons. The molecule has 0 aliphatic carbocycles. The zero-order chi connectivity index (χ0) is 17.3. The van der Waals surface area contributed by atoms with Gasteiger partial charge in [0.25, 0.3) is 5.91 Å². The molecular weight excluding hydrogens is 337 g/mol. The summed E-state index contributed by atoms with van der Waals surface area (Å²) in [5.41, 5.74) is 0.432. The molecule has 0 saturated carbocycles. The highest BCUT2D eigenvalue weighted by molar-refractivity contribution is 6.30. The fourth-order valence-corrected chi connectivity index (χ4v) is 1.65. The molecule has 0 saturated heterocycles. The Labute approximate surface area is 136 Å². The first-order chi connectivity index (χ1) is 10.8. The number of ether oxygens (including phenoxy) is 1. The fourth-order valence-electron chi connectivity index (χ4n) is 1.52. The van der Waals surface area contributed by atoms with Gasteiger partial charge in [-0.05, 0) is 24.3 Å². The summed E-state index contributed by atoms with van der Waals surface area (Å²) in [4.78, 5) is 23.0. The van der Waals surface area contributed by atoms with Gasteiger partial charge in [-0.1, -0.05) is 11.6 Å². The van der Waals surface area contributed by atoms with Crippen LogP contribution in [0.2, 0.25) is 5.02 Å². The van der Waals surface area contributed by atoms with Crippen molar-refractivity contribution < 1.29 is 27.5 Å². The summed E-state index contributed by atoms with van der Waals surface area (Å²) >= 11 is 5.70. The van der Waals surface area contributed by atoms with E-state index in [1.807, 2.05) is 0 Å². The van der Waals surface area contributed by atoms with Crippen molar-refractivity contribution in [3.8, 4) is 0 Å². The van der Waals surface area contributed by atoms with E-state index in [0.29, 0.717) is 10.6 Å². The Balaban J connectivity index is 2.11. The quantitative estimate of drug-likeness (QED) is 0.704. The lowest BCUT2D eigenvalue weighted by atomic mass is 10.2. The lowest BCUT2D eigenvalue weighted by Gasteiger charge is -2.09. The second kappa shape index (κ2) is 9.36. The monoisotopic (exact) mass is 352 g/mol. The lowest BCUT2D eigenvalue weighted by molar-refractivity contribution is -0.174. The molecule has 1 aromatic carbocycles. The van der Waals surface area contributed by atoms with Crippen LogP contribution in [0, 0.1) is 0 Å². The summed E-state index contributed by atoms with van der Waals surface area (Å²) in [7, 11) is 0. The van der Waals surface area contributed by atoms with Gasteiger partial charge in [0.1, 0.15) is 6.61 Å². The van der Waals surface area contributed by atoms with Crippen LogP contribution in [-0.4, -0.2) is 44.3 Å². The summed E-state index contributed by atoms with van der Waals surface area (Å²) in [5, 5.41) is 5.56. The largest absolute Gasteiger partial charge is 0.411 e. The molecule has 0 aliphatic heterocycles. The summed E-state index contributed by atoms with van der Waals surface area (Å²) in [5.74, 6) is -0.766. The number of halogens is 4. The Morgan fingerprint density at radius 1 is 1.09 bits per heavy atom. The Kier molecular flexibility index (Phi) is 7.84. The average Bonchev–Trinajstić information content (AvgIpc) is 2.47. The minimum Gasteiger partial charge on any atom is -0.372 e. The topological polar surface area (TPSA) is 67.4 Å². The molecular formula is C14H16ClF3N2O3. The van der Waals surface area contributed by atoms with E-state index in [9.17, 15) is 22.8 Å². The molecule has 1 rings (SSSR count). The third-order valence-electron chi connectivity index (χ3n) is 2.58. The van der Waals surface area contributed by atoms with Crippen molar-refractivity contribution in [2.24, 2.45) is 0 Å². The van der Waals surface area contributed by atoms with Crippen LogP contribution in [0.25, 0.3) is 0 Å². The Hall–Kier alpha value is -1.80. The summed E-state index contributed by atoms with van der Waals surface area (Å²) in [6, 6.07) is 6.29. The number of hydrogen-bond donors (Lipinski definition) is 2. The van der Waals surface area contributed by atoms with Crippen molar-refractivity contribution in [3.05, 3.63) is 34.9 Å². The van der Waals surface area contributed by atoms with E-state index in [1.54, 1.807) is 24.3 Å². The molecule has 2 N–H and O–H groups in total. The van der Waals surface area contributed by atoms with Gasteiger partial charge in [0, 0.05) is 30.1 Å². The molecule has 0 radical (unpaired) electrons. The van der Waals surface area contributed by atoms with Gasteiger partial charge >= 0.3 is 6.18 Å². The van der Waals surface area contributed by atoms with Crippen molar-refractivity contribution in [2.75, 3.05) is 26.3 Å². The molecule has 5 nitrogen and oxygen atoms in total. The van der Waals surface area contributed by atoms with E-state index in [2.05, 4.69) is 15.4 Å². The molecule has 0 aromatic heterocycles. The number of carbonyl (C=O) groups excluding carboxylic acids is 2. The van der Waals surface area contributed by atoms with Crippen LogP contribution in [0.5, 0.6) is 0 Å². The van der Waals surface area contributed by atoms with Gasteiger partial charge in [0.05, 0.1) is 6.61 Å². The Morgan fingerprint density at radius 3 is 2.30 bits per heavy atom. The molecule has 0 spiro atoms. The molecule has 0 fully saturated rings. The van der Waals surface area contributed by atoms with Crippen LogP contribution in [-0.2, 0) is 9.53 Å². The third-order valence-corrected chi connectivity index (χ3v) is 2.83. The average molecular weight is 353 g/mol. The summed E-state index contributed by atoms with van der Waals surface area (Å²) < 4.78 is 39.7. The predicted octanol–water partition coefficient (Wildman–Crippen LogP) is 2.16. The first-order valence-electron chi connectivity index (χ1n) is 6.73. The van der Waals surface area contributed by atoms with Crippen LogP contribution in [0.3, 0.4) is 0 Å². The molecule has 2 amide bonds. The first kappa shape index (κ1) is 19.2. The van der Waals surface area contributed by atoms with Crippen molar-refractivity contribution in [1.82, 2.24) is 10.6 Å². The summed E-state index contributed by atoms with van der Waals surface area (Å²) in [6.07, 6.45) is -4.58. The fraction of sp³-hybridized carbons (Fsp3) is 0.429. The van der Waals surface area contributed by atoms with Gasteiger partial charge in [-0.2, -0.15) is 13.2 Å². The molecule has 23 heavy (non-hydrogen) atoms. The number of benzene rings is 1. The standard InChI is InChI=1S/C14H16ClF3N2O3/c15-11-3-1-10(2-4-11)13(22)20-7-6-19-12(21)5-8-23-9-14(16,17)18/h1-4H,5-9H2,(H,19,21)(H,20,22). The molecule has 0 bridgehead atoms. The first-order valence-corrected chi connectivity index (χ1v) is 7.11. The third kappa shape index (κ3) is 9.04. The SMILES string of the molecule is O=C(CCOCC(F)(F)F)NCCNC(=O)c1ccc(Cl)cc1. The Morgan fingerprint density at radius 2 is 1.70 bits per heavy atom. The van der Waals surface area contributed by atoms with Gasteiger partial charge in [-0.15, -0.1) is 0 Å². The minimum absolute atomic E-state index is 0.164.